The quantitative estimate of drug-likeness (QED) is 0.356. The van der Waals surface area contributed by atoms with Gasteiger partial charge >= 0.3 is 0 Å². The van der Waals surface area contributed by atoms with Crippen LogP contribution in [0.15, 0.2) is 54.2 Å². The predicted octanol–water partition coefficient (Wildman–Crippen LogP) is 5.01. The van der Waals surface area contributed by atoms with E-state index in [-0.39, 0.29) is 18.0 Å². The zero-order chi connectivity index (χ0) is 22.4. The number of aromatic nitrogens is 3. The van der Waals surface area contributed by atoms with Crippen molar-refractivity contribution in [2.45, 2.75) is 25.2 Å². The molecule has 162 valence electrons. The topological polar surface area (TPSA) is 69.0 Å². The number of thioether (sulfide) groups is 1. The van der Waals surface area contributed by atoms with E-state index in [2.05, 4.69) is 22.1 Å². The third-order valence-electron chi connectivity index (χ3n) is 4.14. The molecule has 1 N–H and O–H groups in total. The molecule has 31 heavy (non-hydrogen) atoms. The van der Waals surface area contributed by atoms with Gasteiger partial charge in [-0.15, -0.1) is 16.8 Å². The molecule has 0 fully saturated rings. The number of amides is 1. The first kappa shape index (κ1) is 22.8. The smallest absolute Gasteiger partial charge is 0.234 e. The SMILES string of the molecule is C=CCn1c(COc2ccc(Cl)cc2C)nnc1SCC(=O)Nc1ccc(F)cc1F. The fraction of sp³-hybridized carbons (Fsp3) is 0.190. The second kappa shape index (κ2) is 10.4. The average Bonchev–Trinajstić information content (AvgIpc) is 3.10. The summed E-state index contributed by atoms with van der Waals surface area (Å²) in [5, 5.41) is 11.8. The normalized spacial score (nSPS) is 10.7. The van der Waals surface area contributed by atoms with E-state index in [1.807, 2.05) is 6.92 Å². The average molecular weight is 465 g/mol. The van der Waals surface area contributed by atoms with Gasteiger partial charge in [0.15, 0.2) is 11.0 Å². The Morgan fingerprint density at radius 2 is 2.10 bits per heavy atom. The van der Waals surface area contributed by atoms with Gasteiger partial charge < -0.3 is 10.1 Å². The van der Waals surface area contributed by atoms with Crippen molar-refractivity contribution >= 4 is 35.0 Å². The van der Waals surface area contributed by atoms with E-state index in [4.69, 9.17) is 16.3 Å². The Kier molecular flexibility index (Phi) is 7.64. The molecule has 1 amide bonds. The highest BCUT2D eigenvalue weighted by molar-refractivity contribution is 7.99. The largest absolute Gasteiger partial charge is 0.485 e. The molecular weight excluding hydrogens is 446 g/mol. The van der Waals surface area contributed by atoms with Gasteiger partial charge in [-0.05, 0) is 42.8 Å². The van der Waals surface area contributed by atoms with Crippen LogP contribution in [0, 0.1) is 18.6 Å². The highest BCUT2D eigenvalue weighted by Gasteiger charge is 2.15. The number of carbonyl (C=O) groups excluding carboxylic acids is 1. The van der Waals surface area contributed by atoms with Gasteiger partial charge in [0.2, 0.25) is 5.91 Å². The number of hydrogen-bond donors (Lipinski definition) is 1. The highest BCUT2D eigenvalue weighted by Crippen LogP contribution is 2.24. The fourth-order valence-electron chi connectivity index (χ4n) is 2.67. The van der Waals surface area contributed by atoms with E-state index in [1.165, 1.54) is 6.07 Å². The zero-order valence-electron chi connectivity index (χ0n) is 16.6. The Balaban J connectivity index is 1.64. The van der Waals surface area contributed by atoms with Crippen LogP contribution in [0.4, 0.5) is 14.5 Å². The number of nitrogens with zero attached hydrogens (tertiary/aromatic N) is 3. The van der Waals surface area contributed by atoms with Crippen LogP contribution in [-0.4, -0.2) is 26.4 Å². The Bertz CT molecular complexity index is 1110. The van der Waals surface area contributed by atoms with E-state index in [9.17, 15) is 13.6 Å². The third kappa shape index (κ3) is 6.05. The van der Waals surface area contributed by atoms with Crippen LogP contribution in [0.1, 0.15) is 11.4 Å². The second-order valence-electron chi connectivity index (χ2n) is 6.46. The summed E-state index contributed by atoms with van der Waals surface area (Å²) in [5.74, 6) is -0.827. The number of aryl methyl sites for hydroxylation is 1. The maximum atomic E-state index is 13.7. The van der Waals surface area contributed by atoms with Crippen molar-refractivity contribution in [3.8, 4) is 5.75 Å². The molecule has 0 spiro atoms. The van der Waals surface area contributed by atoms with Gasteiger partial charge in [-0.3, -0.25) is 9.36 Å². The number of nitrogens with one attached hydrogen (secondary N) is 1. The number of halogens is 3. The summed E-state index contributed by atoms with van der Waals surface area (Å²) in [6.07, 6.45) is 1.68. The van der Waals surface area contributed by atoms with Crippen molar-refractivity contribution in [3.63, 3.8) is 0 Å². The van der Waals surface area contributed by atoms with Crippen LogP contribution in [0.25, 0.3) is 0 Å². The van der Waals surface area contributed by atoms with Gasteiger partial charge in [0.1, 0.15) is 24.0 Å². The molecule has 0 aliphatic heterocycles. The summed E-state index contributed by atoms with van der Waals surface area (Å²) in [5.41, 5.74) is 0.800. The Morgan fingerprint density at radius 3 is 2.81 bits per heavy atom. The Hall–Kier alpha value is -2.91. The van der Waals surface area contributed by atoms with Crippen molar-refractivity contribution in [2.24, 2.45) is 0 Å². The number of rotatable bonds is 9. The van der Waals surface area contributed by atoms with Crippen LogP contribution in [-0.2, 0) is 17.9 Å². The molecule has 0 unspecified atom stereocenters. The summed E-state index contributed by atoms with van der Waals surface area (Å²) in [7, 11) is 0. The van der Waals surface area contributed by atoms with E-state index in [0.29, 0.717) is 34.4 Å². The predicted molar refractivity (Wildman–Crippen MR) is 116 cm³/mol. The molecule has 6 nitrogen and oxygen atoms in total. The van der Waals surface area contributed by atoms with Crippen molar-refractivity contribution < 1.29 is 18.3 Å². The van der Waals surface area contributed by atoms with Crippen LogP contribution >= 0.6 is 23.4 Å². The lowest BCUT2D eigenvalue weighted by atomic mass is 10.2. The number of ether oxygens (including phenoxy) is 1. The molecule has 10 heteroatoms. The molecule has 0 atom stereocenters. The molecule has 1 aromatic heterocycles. The van der Waals surface area contributed by atoms with E-state index >= 15 is 0 Å². The van der Waals surface area contributed by atoms with Gasteiger partial charge in [0.25, 0.3) is 0 Å². The Labute approximate surface area is 187 Å². The lowest BCUT2D eigenvalue weighted by Crippen LogP contribution is -2.16. The standard InChI is InChI=1S/C21H19ClF2N4O2S/c1-3-8-28-19(11-30-18-7-4-14(22)9-13(18)2)26-27-21(28)31-12-20(29)25-17-6-5-15(23)10-16(17)24/h3-7,9-10H,1,8,11-12H2,2H3,(H,25,29). The lowest BCUT2D eigenvalue weighted by molar-refractivity contribution is -0.113. The molecule has 0 saturated carbocycles. The molecule has 0 aliphatic rings. The maximum Gasteiger partial charge on any atom is 0.234 e. The number of benzene rings is 2. The van der Waals surface area contributed by atoms with Crippen molar-refractivity contribution in [1.29, 1.82) is 0 Å². The van der Waals surface area contributed by atoms with E-state index in [0.717, 1.165) is 23.4 Å². The summed E-state index contributed by atoms with van der Waals surface area (Å²) < 4.78 is 34.3. The minimum atomic E-state index is -0.842. The van der Waals surface area contributed by atoms with Crippen molar-refractivity contribution in [3.05, 3.63) is 77.1 Å². The molecule has 0 saturated heterocycles. The molecule has 0 radical (unpaired) electrons. The molecule has 3 rings (SSSR count). The second-order valence-corrected chi connectivity index (χ2v) is 7.84. The van der Waals surface area contributed by atoms with Gasteiger partial charge in [0, 0.05) is 17.6 Å². The van der Waals surface area contributed by atoms with Gasteiger partial charge in [-0.2, -0.15) is 0 Å². The van der Waals surface area contributed by atoms with Gasteiger partial charge in [0.05, 0.1) is 11.4 Å². The number of carbonyl (C=O) groups is 1. The first-order chi connectivity index (χ1) is 14.9. The lowest BCUT2D eigenvalue weighted by Gasteiger charge is -2.11. The zero-order valence-corrected chi connectivity index (χ0v) is 18.1. The van der Waals surface area contributed by atoms with Crippen LogP contribution in [0.3, 0.4) is 0 Å². The molecule has 3 aromatic rings. The molecule has 2 aromatic carbocycles. The van der Waals surface area contributed by atoms with Crippen LogP contribution in [0.2, 0.25) is 5.02 Å². The monoisotopic (exact) mass is 464 g/mol. The summed E-state index contributed by atoms with van der Waals surface area (Å²) in [6.45, 7) is 6.21. The first-order valence-electron chi connectivity index (χ1n) is 9.17. The first-order valence-corrected chi connectivity index (χ1v) is 10.5. The Morgan fingerprint density at radius 1 is 1.29 bits per heavy atom. The van der Waals surface area contributed by atoms with Gasteiger partial charge in [-0.25, -0.2) is 8.78 Å². The number of allylic oxidation sites excluding steroid dienone is 1. The highest BCUT2D eigenvalue weighted by atomic mass is 35.5. The van der Waals surface area contributed by atoms with Crippen molar-refractivity contribution in [2.75, 3.05) is 11.1 Å². The maximum absolute atomic E-state index is 13.7. The van der Waals surface area contributed by atoms with Crippen molar-refractivity contribution in [1.82, 2.24) is 14.8 Å². The number of hydrogen-bond acceptors (Lipinski definition) is 5. The number of anilines is 1. The molecule has 0 bridgehead atoms. The summed E-state index contributed by atoms with van der Waals surface area (Å²) in [6, 6.07) is 8.26. The molecule has 0 aliphatic carbocycles. The van der Waals surface area contributed by atoms with Crippen LogP contribution < -0.4 is 10.1 Å². The molecular formula is C21H19ClF2N4O2S. The van der Waals surface area contributed by atoms with Gasteiger partial charge in [-0.1, -0.05) is 29.4 Å². The van der Waals surface area contributed by atoms with E-state index < -0.39 is 17.5 Å². The summed E-state index contributed by atoms with van der Waals surface area (Å²) >= 11 is 7.10. The van der Waals surface area contributed by atoms with E-state index in [1.54, 1.807) is 28.8 Å². The minimum Gasteiger partial charge on any atom is -0.485 e. The third-order valence-corrected chi connectivity index (χ3v) is 5.34. The minimum absolute atomic E-state index is 0.0385. The molecule has 1 heterocycles. The van der Waals surface area contributed by atoms with Crippen LogP contribution in [0.5, 0.6) is 5.75 Å². The fourth-order valence-corrected chi connectivity index (χ4v) is 3.66. The summed E-state index contributed by atoms with van der Waals surface area (Å²) in [4.78, 5) is 12.2.